The first-order valence-electron chi connectivity index (χ1n) is 5.22. The van der Waals surface area contributed by atoms with Gasteiger partial charge in [-0.25, -0.2) is 0 Å². The predicted octanol–water partition coefficient (Wildman–Crippen LogP) is 1.28. The highest BCUT2D eigenvalue weighted by atomic mass is 16.3. The van der Waals surface area contributed by atoms with E-state index in [4.69, 9.17) is 5.11 Å². The lowest BCUT2D eigenvalue weighted by atomic mass is 10.1. The van der Waals surface area contributed by atoms with Crippen LogP contribution in [0.2, 0.25) is 0 Å². The van der Waals surface area contributed by atoms with Gasteiger partial charge in [0.25, 0.3) is 0 Å². The lowest BCUT2D eigenvalue weighted by Crippen LogP contribution is -2.29. The minimum Gasteiger partial charge on any atom is -0.396 e. The number of hydrogen-bond donors (Lipinski definition) is 2. The Morgan fingerprint density at radius 2 is 2.36 bits per heavy atom. The van der Waals surface area contributed by atoms with Gasteiger partial charge < -0.3 is 15.0 Å². The van der Waals surface area contributed by atoms with Crippen LogP contribution in [0.15, 0.2) is 18.3 Å². The quantitative estimate of drug-likeness (QED) is 0.719. The van der Waals surface area contributed by atoms with Crippen molar-refractivity contribution in [1.29, 1.82) is 0 Å². The molecule has 0 bridgehead atoms. The van der Waals surface area contributed by atoms with Gasteiger partial charge in [0.15, 0.2) is 0 Å². The van der Waals surface area contributed by atoms with Crippen LogP contribution in [0, 0.1) is 0 Å². The summed E-state index contributed by atoms with van der Waals surface area (Å²) in [7, 11) is 2.05. The Hall–Kier alpha value is -0.800. The zero-order chi connectivity index (χ0) is 10.4. The van der Waals surface area contributed by atoms with Crippen molar-refractivity contribution in [3.63, 3.8) is 0 Å². The van der Waals surface area contributed by atoms with E-state index in [1.165, 1.54) is 5.69 Å². The highest BCUT2D eigenvalue weighted by molar-refractivity contribution is 5.06. The van der Waals surface area contributed by atoms with Gasteiger partial charge in [-0.3, -0.25) is 0 Å². The molecular weight excluding hydrogens is 176 g/mol. The fourth-order valence-electron chi connectivity index (χ4n) is 1.54. The molecule has 0 fully saturated rings. The summed E-state index contributed by atoms with van der Waals surface area (Å²) in [5, 5.41) is 12.3. The Morgan fingerprint density at radius 1 is 1.57 bits per heavy atom. The molecule has 80 valence electrons. The van der Waals surface area contributed by atoms with Gasteiger partial charge in [0.05, 0.1) is 0 Å². The molecule has 3 nitrogen and oxygen atoms in total. The summed E-state index contributed by atoms with van der Waals surface area (Å²) in [6.07, 6.45) is 3.94. The van der Waals surface area contributed by atoms with Crippen LogP contribution in [0.3, 0.4) is 0 Å². The third-order valence-corrected chi connectivity index (χ3v) is 2.59. The van der Waals surface area contributed by atoms with Crippen LogP contribution in [0.1, 0.15) is 25.5 Å². The van der Waals surface area contributed by atoms with Crippen molar-refractivity contribution < 1.29 is 5.11 Å². The first-order chi connectivity index (χ1) is 6.77. The second-order valence-electron chi connectivity index (χ2n) is 3.61. The second kappa shape index (κ2) is 5.83. The number of aromatic nitrogens is 1. The summed E-state index contributed by atoms with van der Waals surface area (Å²) in [4.78, 5) is 0. The Bertz CT molecular complexity index is 258. The molecule has 1 unspecified atom stereocenters. The van der Waals surface area contributed by atoms with Gasteiger partial charge in [-0.05, 0) is 25.0 Å². The van der Waals surface area contributed by atoms with Crippen molar-refractivity contribution >= 4 is 0 Å². The van der Waals surface area contributed by atoms with Crippen molar-refractivity contribution in [3.8, 4) is 0 Å². The molecule has 0 aliphatic carbocycles. The lowest BCUT2D eigenvalue weighted by Gasteiger charge is -2.15. The molecule has 1 heterocycles. The predicted molar refractivity (Wildman–Crippen MR) is 58.0 cm³/mol. The number of aliphatic hydroxyl groups is 1. The third-order valence-electron chi connectivity index (χ3n) is 2.59. The van der Waals surface area contributed by atoms with Crippen LogP contribution in [-0.2, 0) is 13.6 Å². The SMILES string of the molecule is CCC(CCO)NCc1cccn1C. The van der Waals surface area contributed by atoms with E-state index in [1.807, 2.05) is 19.3 Å². The average Bonchev–Trinajstić information content (AvgIpc) is 2.59. The summed E-state index contributed by atoms with van der Waals surface area (Å²) >= 11 is 0. The number of hydrogen-bond acceptors (Lipinski definition) is 2. The largest absolute Gasteiger partial charge is 0.396 e. The Morgan fingerprint density at radius 3 is 2.86 bits per heavy atom. The molecule has 0 saturated heterocycles. The summed E-state index contributed by atoms with van der Waals surface area (Å²) in [6.45, 7) is 3.28. The summed E-state index contributed by atoms with van der Waals surface area (Å²) in [6, 6.07) is 4.58. The van der Waals surface area contributed by atoms with Crippen LogP contribution in [0.25, 0.3) is 0 Å². The fourth-order valence-corrected chi connectivity index (χ4v) is 1.54. The van der Waals surface area contributed by atoms with Gasteiger partial charge in [-0.1, -0.05) is 6.92 Å². The van der Waals surface area contributed by atoms with Gasteiger partial charge in [0.2, 0.25) is 0 Å². The topological polar surface area (TPSA) is 37.2 Å². The number of aliphatic hydroxyl groups excluding tert-OH is 1. The molecular formula is C11H20N2O. The highest BCUT2D eigenvalue weighted by Gasteiger charge is 2.05. The van der Waals surface area contributed by atoms with Crippen LogP contribution in [-0.4, -0.2) is 22.3 Å². The summed E-state index contributed by atoms with van der Waals surface area (Å²) in [5.74, 6) is 0. The molecule has 1 aromatic rings. The standard InChI is InChI=1S/C11H20N2O/c1-3-10(6-8-14)12-9-11-5-4-7-13(11)2/h4-5,7,10,12,14H,3,6,8-9H2,1-2H3. The molecule has 0 aliphatic rings. The number of nitrogens with one attached hydrogen (secondary N) is 1. The maximum absolute atomic E-state index is 8.83. The van der Waals surface area contributed by atoms with Gasteiger partial charge >= 0.3 is 0 Å². The Kier molecular flexibility index (Phi) is 4.70. The molecule has 0 radical (unpaired) electrons. The van der Waals surface area contributed by atoms with E-state index in [0.29, 0.717) is 6.04 Å². The van der Waals surface area contributed by atoms with Crippen molar-refractivity contribution in [3.05, 3.63) is 24.0 Å². The lowest BCUT2D eigenvalue weighted by molar-refractivity contribution is 0.261. The number of nitrogens with zero attached hydrogens (tertiary/aromatic N) is 1. The molecule has 0 saturated carbocycles. The van der Waals surface area contributed by atoms with E-state index < -0.39 is 0 Å². The van der Waals surface area contributed by atoms with Crippen molar-refractivity contribution in [2.75, 3.05) is 6.61 Å². The molecule has 2 N–H and O–H groups in total. The van der Waals surface area contributed by atoms with Crippen molar-refractivity contribution in [1.82, 2.24) is 9.88 Å². The smallest absolute Gasteiger partial charge is 0.0445 e. The zero-order valence-corrected chi connectivity index (χ0v) is 9.03. The highest BCUT2D eigenvalue weighted by Crippen LogP contribution is 2.02. The van der Waals surface area contributed by atoms with E-state index >= 15 is 0 Å². The zero-order valence-electron chi connectivity index (χ0n) is 9.03. The van der Waals surface area contributed by atoms with Crippen LogP contribution in [0.5, 0.6) is 0 Å². The molecule has 1 aromatic heterocycles. The molecule has 0 aliphatic heterocycles. The van der Waals surface area contributed by atoms with Crippen molar-refractivity contribution in [2.24, 2.45) is 7.05 Å². The molecule has 14 heavy (non-hydrogen) atoms. The van der Waals surface area contributed by atoms with Gasteiger partial charge in [0, 0.05) is 38.1 Å². The van der Waals surface area contributed by atoms with Crippen molar-refractivity contribution in [2.45, 2.75) is 32.4 Å². The van der Waals surface area contributed by atoms with Gasteiger partial charge in [0.1, 0.15) is 0 Å². The maximum atomic E-state index is 8.83. The van der Waals surface area contributed by atoms with E-state index in [1.54, 1.807) is 0 Å². The van der Waals surface area contributed by atoms with Crippen LogP contribution in [0.4, 0.5) is 0 Å². The maximum Gasteiger partial charge on any atom is 0.0445 e. The van der Waals surface area contributed by atoms with Gasteiger partial charge in [-0.2, -0.15) is 0 Å². The number of rotatable bonds is 6. The first kappa shape index (κ1) is 11.3. The minimum atomic E-state index is 0.263. The van der Waals surface area contributed by atoms with E-state index in [0.717, 1.165) is 19.4 Å². The van der Waals surface area contributed by atoms with Crippen LogP contribution >= 0.6 is 0 Å². The third kappa shape index (κ3) is 3.16. The van der Waals surface area contributed by atoms with Crippen LogP contribution < -0.4 is 5.32 Å². The molecule has 1 atom stereocenters. The summed E-state index contributed by atoms with van der Waals surface area (Å²) < 4.78 is 2.11. The molecule has 0 spiro atoms. The minimum absolute atomic E-state index is 0.263. The fraction of sp³-hybridized carbons (Fsp3) is 0.636. The number of aryl methyl sites for hydroxylation is 1. The van der Waals surface area contributed by atoms with E-state index in [-0.39, 0.29) is 6.61 Å². The second-order valence-corrected chi connectivity index (χ2v) is 3.61. The Balaban J connectivity index is 2.35. The Labute approximate surface area is 85.7 Å². The normalized spacial score (nSPS) is 13.1. The molecule has 1 rings (SSSR count). The molecule has 0 amide bonds. The first-order valence-corrected chi connectivity index (χ1v) is 5.22. The van der Waals surface area contributed by atoms with E-state index in [9.17, 15) is 0 Å². The summed E-state index contributed by atoms with van der Waals surface area (Å²) in [5.41, 5.74) is 1.28. The molecule has 3 heteroatoms. The molecule has 0 aromatic carbocycles. The monoisotopic (exact) mass is 196 g/mol. The van der Waals surface area contributed by atoms with E-state index in [2.05, 4.69) is 22.9 Å². The average molecular weight is 196 g/mol. The van der Waals surface area contributed by atoms with Gasteiger partial charge in [-0.15, -0.1) is 0 Å².